The standard InChI is InChI=1S/C13H28N2O3/c1-5-6-7-17-8-9-18-10-13(4,12(14)16)15-11(2)3/h11,15H,5-10H2,1-4H3,(H2,14,16). The molecular formula is C13H28N2O3. The maximum Gasteiger partial charge on any atom is 0.239 e. The van der Waals surface area contributed by atoms with Gasteiger partial charge in [0.05, 0.1) is 19.8 Å². The molecule has 18 heavy (non-hydrogen) atoms. The van der Waals surface area contributed by atoms with E-state index in [1.165, 1.54) is 0 Å². The molecule has 0 heterocycles. The van der Waals surface area contributed by atoms with Crippen molar-refractivity contribution in [1.82, 2.24) is 5.32 Å². The molecule has 0 aromatic carbocycles. The molecule has 0 aliphatic carbocycles. The van der Waals surface area contributed by atoms with Gasteiger partial charge in [0.25, 0.3) is 0 Å². The highest BCUT2D eigenvalue weighted by atomic mass is 16.5. The molecule has 1 amide bonds. The molecule has 0 fully saturated rings. The Kier molecular flexibility index (Phi) is 8.97. The minimum absolute atomic E-state index is 0.173. The largest absolute Gasteiger partial charge is 0.379 e. The van der Waals surface area contributed by atoms with Crippen molar-refractivity contribution in [2.75, 3.05) is 26.4 Å². The molecule has 0 saturated heterocycles. The van der Waals surface area contributed by atoms with Gasteiger partial charge in [0.2, 0.25) is 5.91 Å². The Morgan fingerprint density at radius 3 is 2.39 bits per heavy atom. The molecule has 0 aliphatic heterocycles. The third kappa shape index (κ3) is 7.63. The summed E-state index contributed by atoms with van der Waals surface area (Å²) in [5, 5.41) is 3.13. The Balaban J connectivity index is 3.81. The number of hydrogen-bond acceptors (Lipinski definition) is 4. The van der Waals surface area contributed by atoms with E-state index >= 15 is 0 Å². The number of nitrogens with two attached hydrogens (primary N) is 1. The Bertz CT molecular complexity index is 234. The summed E-state index contributed by atoms with van der Waals surface area (Å²) in [5.74, 6) is -0.400. The third-order valence-corrected chi connectivity index (χ3v) is 2.56. The van der Waals surface area contributed by atoms with Crippen LogP contribution < -0.4 is 11.1 Å². The van der Waals surface area contributed by atoms with E-state index in [1.807, 2.05) is 13.8 Å². The van der Waals surface area contributed by atoms with Crippen LogP contribution in [0.3, 0.4) is 0 Å². The van der Waals surface area contributed by atoms with E-state index in [2.05, 4.69) is 12.2 Å². The van der Waals surface area contributed by atoms with Crippen LogP contribution in [0.4, 0.5) is 0 Å². The summed E-state index contributed by atoms with van der Waals surface area (Å²) in [7, 11) is 0. The highest BCUT2D eigenvalue weighted by molar-refractivity contribution is 5.84. The number of hydrogen-bond donors (Lipinski definition) is 2. The number of nitrogens with one attached hydrogen (secondary N) is 1. The number of carbonyl (C=O) groups is 1. The third-order valence-electron chi connectivity index (χ3n) is 2.56. The smallest absolute Gasteiger partial charge is 0.239 e. The summed E-state index contributed by atoms with van der Waals surface area (Å²) in [4.78, 5) is 11.4. The van der Waals surface area contributed by atoms with Gasteiger partial charge in [-0.25, -0.2) is 0 Å². The Morgan fingerprint density at radius 1 is 1.28 bits per heavy atom. The Hall–Kier alpha value is -0.650. The van der Waals surface area contributed by atoms with Gasteiger partial charge in [-0.2, -0.15) is 0 Å². The minimum atomic E-state index is -0.822. The molecule has 0 aromatic rings. The zero-order valence-corrected chi connectivity index (χ0v) is 12.1. The lowest BCUT2D eigenvalue weighted by Crippen LogP contribution is -2.58. The van der Waals surface area contributed by atoms with Gasteiger partial charge >= 0.3 is 0 Å². The molecule has 5 heteroatoms. The molecule has 0 saturated carbocycles. The molecule has 108 valence electrons. The second kappa shape index (κ2) is 9.30. The van der Waals surface area contributed by atoms with E-state index in [0.29, 0.717) is 13.2 Å². The van der Waals surface area contributed by atoms with Gasteiger partial charge in [-0.3, -0.25) is 10.1 Å². The molecule has 0 bridgehead atoms. The van der Waals surface area contributed by atoms with Crippen molar-refractivity contribution < 1.29 is 14.3 Å². The van der Waals surface area contributed by atoms with E-state index in [9.17, 15) is 4.79 Å². The van der Waals surface area contributed by atoms with E-state index < -0.39 is 11.4 Å². The first-order chi connectivity index (χ1) is 8.42. The normalized spacial score (nSPS) is 14.7. The van der Waals surface area contributed by atoms with Gasteiger partial charge < -0.3 is 15.2 Å². The minimum Gasteiger partial charge on any atom is -0.379 e. The van der Waals surface area contributed by atoms with Crippen LogP contribution in [-0.2, 0) is 14.3 Å². The van der Waals surface area contributed by atoms with Crippen LogP contribution in [0.2, 0.25) is 0 Å². The van der Waals surface area contributed by atoms with E-state index in [0.717, 1.165) is 19.4 Å². The fourth-order valence-corrected chi connectivity index (χ4v) is 1.56. The van der Waals surface area contributed by atoms with Gasteiger partial charge in [-0.05, 0) is 27.2 Å². The number of unbranched alkanes of at least 4 members (excludes halogenated alkanes) is 1. The number of ether oxygens (including phenoxy) is 2. The molecule has 5 nitrogen and oxygen atoms in total. The first kappa shape index (κ1) is 17.4. The molecule has 0 aliphatic rings. The monoisotopic (exact) mass is 260 g/mol. The first-order valence-electron chi connectivity index (χ1n) is 6.65. The van der Waals surface area contributed by atoms with Crippen molar-refractivity contribution in [2.45, 2.75) is 52.1 Å². The number of amides is 1. The first-order valence-corrected chi connectivity index (χ1v) is 6.65. The fourth-order valence-electron chi connectivity index (χ4n) is 1.56. The van der Waals surface area contributed by atoms with Crippen LogP contribution >= 0.6 is 0 Å². The van der Waals surface area contributed by atoms with Gasteiger partial charge in [0.15, 0.2) is 0 Å². The lowest BCUT2D eigenvalue weighted by Gasteiger charge is -2.29. The van der Waals surface area contributed by atoms with Crippen molar-refractivity contribution in [3.63, 3.8) is 0 Å². The van der Waals surface area contributed by atoms with Gasteiger partial charge in [0.1, 0.15) is 5.54 Å². The summed E-state index contributed by atoms with van der Waals surface area (Å²) in [6, 6.07) is 0.173. The Morgan fingerprint density at radius 2 is 1.89 bits per heavy atom. The lowest BCUT2D eigenvalue weighted by molar-refractivity contribution is -0.127. The average molecular weight is 260 g/mol. The van der Waals surface area contributed by atoms with Gasteiger partial charge in [-0.15, -0.1) is 0 Å². The maximum absolute atomic E-state index is 11.4. The predicted octanol–water partition coefficient (Wildman–Crippen LogP) is 1.06. The fraction of sp³-hybridized carbons (Fsp3) is 0.923. The van der Waals surface area contributed by atoms with Crippen molar-refractivity contribution in [3.8, 4) is 0 Å². The Labute approximate surface area is 110 Å². The quantitative estimate of drug-likeness (QED) is 0.545. The maximum atomic E-state index is 11.4. The summed E-state index contributed by atoms with van der Waals surface area (Å²) in [5.41, 5.74) is 4.57. The van der Waals surface area contributed by atoms with Crippen LogP contribution in [0.15, 0.2) is 0 Å². The second-order valence-corrected chi connectivity index (χ2v) is 5.01. The molecule has 0 rings (SSSR count). The van der Waals surface area contributed by atoms with E-state index in [1.54, 1.807) is 6.92 Å². The number of carbonyl (C=O) groups excluding carboxylic acids is 1. The molecule has 0 radical (unpaired) electrons. The van der Waals surface area contributed by atoms with Crippen LogP contribution in [0, 0.1) is 0 Å². The number of primary amides is 1. The zero-order chi connectivity index (χ0) is 14.0. The highest BCUT2D eigenvalue weighted by Crippen LogP contribution is 2.05. The van der Waals surface area contributed by atoms with Gasteiger partial charge in [-0.1, -0.05) is 13.3 Å². The molecule has 3 N–H and O–H groups in total. The van der Waals surface area contributed by atoms with Crippen molar-refractivity contribution in [3.05, 3.63) is 0 Å². The van der Waals surface area contributed by atoms with Crippen LogP contribution in [0.5, 0.6) is 0 Å². The summed E-state index contributed by atoms with van der Waals surface area (Å²) in [6.45, 7) is 9.87. The predicted molar refractivity (Wildman–Crippen MR) is 72.4 cm³/mol. The van der Waals surface area contributed by atoms with Crippen LogP contribution in [-0.4, -0.2) is 43.9 Å². The summed E-state index contributed by atoms with van der Waals surface area (Å²) >= 11 is 0. The summed E-state index contributed by atoms with van der Waals surface area (Å²) < 4.78 is 10.8. The van der Waals surface area contributed by atoms with Crippen LogP contribution in [0.1, 0.15) is 40.5 Å². The average Bonchev–Trinajstić information content (AvgIpc) is 2.26. The lowest BCUT2D eigenvalue weighted by atomic mass is 10.0. The van der Waals surface area contributed by atoms with Crippen LogP contribution in [0.25, 0.3) is 0 Å². The molecule has 0 spiro atoms. The topological polar surface area (TPSA) is 73.6 Å². The second-order valence-electron chi connectivity index (χ2n) is 5.01. The van der Waals surface area contributed by atoms with Gasteiger partial charge in [0, 0.05) is 12.6 Å². The molecule has 1 unspecified atom stereocenters. The summed E-state index contributed by atoms with van der Waals surface area (Å²) in [6.07, 6.45) is 2.19. The van der Waals surface area contributed by atoms with E-state index in [-0.39, 0.29) is 12.6 Å². The zero-order valence-electron chi connectivity index (χ0n) is 12.1. The van der Waals surface area contributed by atoms with Crippen molar-refractivity contribution in [2.24, 2.45) is 5.73 Å². The van der Waals surface area contributed by atoms with Crippen molar-refractivity contribution >= 4 is 5.91 Å². The van der Waals surface area contributed by atoms with E-state index in [4.69, 9.17) is 15.2 Å². The molecule has 0 aromatic heterocycles. The van der Waals surface area contributed by atoms with Crippen molar-refractivity contribution in [1.29, 1.82) is 0 Å². The number of rotatable bonds is 11. The highest BCUT2D eigenvalue weighted by Gasteiger charge is 2.31. The SMILES string of the molecule is CCCCOCCOCC(C)(NC(C)C)C(N)=O. The molecule has 1 atom stereocenters. The molecular weight excluding hydrogens is 232 g/mol.